The molecule has 0 N–H and O–H groups in total. The monoisotopic (exact) mass is 322 g/mol. The summed E-state index contributed by atoms with van der Waals surface area (Å²) in [7, 11) is 1.71. The average Bonchev–Trinajstić information content (AvgIpc) is 2.60. The zero-order chi connectivity index (χ0) is 16.2. The molecular formula is C19H18N2OS. The minimum absolute atomic E-state index is 0.0459. The molecule has 0 radical (unpaired) electrons. The van der Waals surface area contributed by atoms with Crippen LogP contribution in [0.5, 0.6) is 0 Å². The molecular weight excluding hydrogens is 304 g/mol. The number of thioether (sulfide) groups is 1. The Balaban J connectivity index is 2.37. The zero-order valence-electron chi connectivity index (χ0n) is 13.2. The summed E-state index contributed by atoms with van der Waals surface area (Å²) in [6, 6.07) is 20.0. The van der Waals surface area contributed by atoms with Gasteiger partial charge in [0.15, 0.2) is 0 Å². The van der Waals surface area contributed by atoms with E-state index in [-0.39, 0.29) is 5.56 Å². The van der Waals surface area contributed by atoms with Crippen molar-refractivity contribution in [1.29, 1.82) is 0 Å². The standard InChI is InChI=1S/C19H18N2OS/c1-3-23-18-16(14-10-6-4-7-11-14)17(20-21(2)19(18)22)15-12-8-5-9-13-15/h4-13H,3H2,1-2H3. The molecule has 0 fully saturated rings. The van der Waals surface area contributed by atoms with Crippen molar-refractivity contribution < 1.29 is 0 Å². The molecule has 0 atom stereocenters. The van der Waals surface area contributed by atoms with Gasteiger partial charge in [-0.1, -0.05) is 67.6 Å². The van der Waals surface area contributed by atoms with E-state index in [0.717, 1.165) is 33.0 Å². The Kier molecular flexibility index (Phi) is 4.63. The predicted molar refractivity (Wildman–Crippen MR) is 96.7 cm³/mol. The fourth-order valence-electron chi connectivity index (χ4n) is 2.56. The van der Waals surface area contributed by atoms with Crippen molar-refractivity contribution >= 4 is 11.8 Å². The normalized spacial score (nSPS) is 10.7. The lowest BCUT2D eigenvalue weighted by Gasteiger charge is -2.15. The minimum Gasteiger partial charge on any atom is -0.267 e. The van der Waals surface area contributed by atoms with Crippen LogP contribution in [0.1, 0.15) is 6.92 Å². The molecule has 0 amide bonds. The molecule has 0 unspecified atom stereocenters. The maximum atomic E-state index is 12.6. The number of hydrogen-bond acceptors (Lipinski definition) is 3. The molecule has 3 nitrogen and oxygen atoms in total. The van der Waals surface area contributed by atoms with Crippen LogP contribution in [0.25, 0.3) is 22.4 Å². The second kappa shape index (κ2) is 6.84. The number of aryl methyl sites for hydroxylation is 1. The molecule has 0 aliphatic carbocycles. The Morgan fingerprint density at radius 1 is 0.957 bits per heavy atom. The zero-order valence-corrected chi connectivity index (χ0v) is 14.0. The Hall–Kier alpha value is -2.33. The molecule has 23 heavy (non-hydrogen) atoms. The van der Waals surface area contributed by atoms with Gasteiger partial charge < -0.3 is 0 Å². The molecule has 3 rings (SSSR count). The van der Waals surface area contributed by atoms with Crippen LogP contribution in [0.4, 0.5) is 0 Å². The van der Waals surface area contributed by atoms with Crippen molar-refractivity contribution in [2.75, 3.05) is 5.75 Å². The third-order valence-electron chi connectivity index (χ3n) is 3.60. The number of hydrogen-bond donors (Lipinski definition) is 0. The summed E-state index contributed by atoms with van der Waals surface area (Å²) in [5, 5.41) is 4.55. The number of benzene rings is 2. The van der Waals surface area contributed by atoms with E-state index in [1.807, 2.05) is 60.7 Å². The van der Waals surface area contributed by atoms with E-state index in [2.05, 4.69) is 12.0 Å². The van der Waals surface area contributed by atoms with Gasteiger partial charge in [0.1, 0.15) is 5.69 Å². The molecule has 116 valence electrons. The van der Waals surface area contributed by atoms with Gasteiger partial charge in [-0.15, -0.1) is 11.8 Å². The first kappa shape index (κ1) is 15.6. The molecule has 0 saturated heterocycles. The topological polar surface area (TPSA) is 34.9 Å². The fraction of sp³-hybridized carbons (Fsp3) is 0.158. The van der Waals surface area contributed by atoms with E-state index < -0.39 is 0 Å². The average molecular weight is 322 g/mol. The quantitative estimate of drug-likeness (QED) is 0.674. The minimum atomic E-state index is -0.0459. The smallest absolute Gasteiger partial charge is 0.267 e. The highest BCUT2D eigenvalue weighted by molar-refractivity contribution is 7.99. The highest BCUT2D eigenvalue weighted by Gasteiger charge is 2.18. The van der Waals surface area contributed by atoms with Gasteiger partial charge in [0.25, 0.3) is 5.56 Å². The van der Waals surface area contributed by atoms with Crippen molar-refractivity contribution in [1.82, 2.24) is 9.78 Å². The van der Waals surface area contributed by atoms with Crippen LogP contribution in [0, 0.1) is 0 Å². The first-order valence-electron chi connectivity index (χ1n) is 7.57. The first-order valence-corrected chi connectivity index (χ1v) is 8.56. The highest BCUT2D eigenvalue weighted by Crippen LogP contribution is 2.35. The molecule has 0 aliphatic heterocycles. The van der Waals surface area contributed by atoms with Crippen LogP contribution in [-0.4, -0.2) is 15.5 Å². The number of rotatable bonds is 4. The van der Waals surface area contributed by atoms with Crippen LogP contribution >= 0.6 is 11.8 Å². The lowest BCUT2D eigenvalue weighted by atomic mass is 10.00. The molecule has 1 heterocycles. The van der Waals surface area contributed by atoms with Crippen LogP contribution in [-0.2, 0) is 7.05 Å². The van der Waals surface area contributed by atoms with Crippen molar-refractivity contribution in [2.24, 2.45) is 7.05 Å². The van der Waals surface area contributed by atoms with Crippen LogP contribution in [0.3, 0.4) is 0 Å². The van der Waals surface area contributed by atoms with Crippen molar-refractivity contribution in [3.05, 3.63) is 71.0 Å². The molecule has 0 spiro atoms. The van der Waals surface area contributed by atoms with Gasteiger partial charge in [0.2, 0.25) is 0 Å². The van der Waals surface area contributed by atoms with Gasteiger partial charge in [-0.25, -0.2) is 4.68 Å². The third-order valence-corrected chi connectivity index (χ3v) is 4.56. The largest absolute Gasteiger partial charge is 0.280 e. The summed E-state index contributed by atoms with van der Waals surface area (Å²) in [5.74, 6) is 0.841. The van der Waals surface area contributed by atoms with E-state index >= 15 is 0 Å². The Labute approximate surface area is 140 Å². The third kappa shape index (κ3) is 3.08. The summed E-state index contributed by atoms with van der Waals surface area (Å²) in [5.41, 5.74) is 3.75. The summed E-state index contributed by atoms with van der Waals surface area (Å²) >= 11 is 1.57. The molecule has 4 heteroatoms. The highest BCUT2D eigenvalue weighted by atomic mass is 32.2. The van der Waals surface area contributed by atoms with Gasteiger partial charge in [0, 0.05) is 18.2 Å². The van der Waals surface area contributed by atoms with Gasteiger partial charge in [-0.3, -0.25) is 4.79 Å². The first-order chi connectivity index (χ1) is 11.2. The van der Waals surface area contributed by atoms with Crippen molar-refractivity contribution in [2.45, 2.75) is 11.8 Å². The van der Waals surface area contributed by atoms with E-state index in [4.69, 9.17) is 0 Å². The maximum Gasteiger partial charge on any atom is 0.280 e. The lowest BCUT2D eigenvalue weighted by Crippen LogP contribution is -2.23. The summed E-state index contributed by atoms with van der Waals surface area (Å²) < 4.78 is 1.44. The summed E-state index contributed by atoms with van der Waals surface area (Å²) in [6.45, 7) is 2.06. The fourth-order valence-corrected chi connectivity index (χ4v) is 3.46. The molecule has 2 aromatic carbocycles. The molecule has 0 aliphatic rings. The van der Waals surface area contributed by atoms with E-state index in [0.29, 0.717) is 0 Å². The van der Waals surface area contributed by atoms with Gasteiger partial charge in [-0.2, -0.15) is 5.10 Å². The van der Waals surface area contributed by atoms with Gasteiger partial charge in [-0.05, 0) is 11.3 Å². The Bertz CT molecular complexity index is 858. The molecule has 0 bridgehead atoms. The molecule has 1 aromatic heterocycles. The summed E-state index contributed by atoms with van der Waals surface area (Å²) in [4.78, 5) is 13.4. The van der Waals surface area contributed by atoms with E-state index in [1.165, 1.54) is 4.68 Å². The Morgan fingerprint density at radius 3 is 2.09 bits per heavy atom. The predicted octanol–water partition coefficient (Wildman–Crippen LogP) is 4.23. The van der Waals surface area contributed by atoms with E-state index in [9.17, 15) is 4.79 Å². The second-order valence-electron chi connectivity index (χ2n) is 5.15. The van der Waals surface area contributed by atoms with Crippen LogP contribution in [0.15, 0.2) is 70.4 Å². The van der Waals surface area contributed by atoms with Crippen molar-refractivity contribution in [3.63, 3.8) is 0 Å². The van der Waals surface area contributed by atoms with Crippen LogP contribution < -0.4 is 5.56 Å². The van der Waals surface area contributed by atoms with Gasteiger partial charge in [0.05, 0.1) is 4.90 Å². The maximum absolute atomic E-state index is 12.6. The van der Waals surface area contributed by atoms with E-state index in [1.54, 1.807) is 18.8 Å². The number of nitrogens with zero attached hydrogens (tertiary/aromatic N) is 2. The van der Waals surface area contributed by atoms with Crippen molar-refractivity contribution in [3.8, 4) is 22.4 Å². The SMILES string of the molecule is CCSc1c(-c2ccccc2)c(-c2ccccc2)nn(C)c1=O. The number of aromatic nitrogens is 2. The summed E-state index contributed by atoms with van der Waals surface area (Å²) in [6.07, 6.45) is 0. The second-order valence-corrected chi connectivity index (χ2v) is 6.42. The van der Waals surface area contributed by atoms with Gasteiger partial charge >= 0.3 is 0 Å². The lowest BCUT2D eigenvalue weighted by molar-refractivity contribution is 0.695. The van der Waals surface area contributed by atoms with Crippen LogP contribution in [0.2, 0.25) is 0 Å². The molecule has 0 saturated carbocycles. The Morgan fingerprint density at radius 2 is 1.52 bits per heavy atom. The molecule has 3 aromatic rings.